The minimum atomic E-state index is -1.65. The Labute approximate surface area is 313 Å². The van der Waals surface area contributed by atoms with Crippen molar-refractivity contribution in [2.45, 2.75) is 135 Å². The highest BCUT2D eigenvalue weighted by molar-refractivity contribution is 5.83. The summed E-state index contributed by atoms with van der Waals surface area (Å²) < 4.78 is 36.1. The second-order valence-corrected chi connectivity index (χ2v) is 15.0. The Bertz CT molecular complexity index is 1220. The number of Topliss-reactive ketones (excluding diaryl/α,β-unsaturated/α-hetero) is 1. The molecule has 21 nitrogen and oxygen atoms in total. The molecule has 3 saturated heterocycles. The molecule has 0 radical (unpaired) electrons. The number of hydrogen-bond acceptors (Lipinski definition) is 21. The molecule has 312 valence electrons. The molecule has 19 N–H and O–H groups in total. The van der Waals surface area contributed by atoms with Crippen LogP contribution in [0.15, 0.2) is 12.2 Å². The maximum Gasteiger partial charge on any atom is 0.187 e. The predicted octanol–water partition coefficient (Wildman–Crippen LogP) is -7.75. The molecule has 0 aromatic heterocycles. The van der Waals surface area contributed by atoms with E-state index >= 15 is 0 Å². The molecule has 0 unspecified atom stereocenters. The molecule has 0 aromatic carbocycles. The number of piperidine rings is 1. The predicted molar refractivity (Wildman–Crippen MR) is 187 cm³/mol. The van der Waals surface area contributed by atoms with E-state index in [1.807, 2.05) is 0 Å². The zero-order valence-electron chi connectivity index (χ0n) is 30.2. The summed E-state index contributed by atoms with van der Waals surface area (Å²) in [5.41, 5.74) is 29.4. The van der Waals surface area contributed by atoms with E-state index in [0.717, 1.165) is 0 Å². The molecule has 5 aliphatic rings. The number of nitrogens with two attached hydrogens (primary N) is 5. The molecule has 0 bridgehead atoms. The molecule has 0 amide bonds. The van der Waals surface area contributed by atoms with Gasteiger partial charge < -0.3 is 103 Å². The number of ether oxygens (including phenoxy) is 6. The van der Waals surface area contributed by atoms with Gasteiger partial charge in [-0.3, -0.25) is 4.79 Å². The van der Waals surface area contributed by atoms with Crippen LogP contribution in [0, 0.1) is 5.92 Å². The number of carbonyl (C=O) groups is 1. The number of rotatable bonds is 16. The summed E-state index contributed by atoms with van der Waals surface area (Å²) in [6.45, 7) is 0.940. The van der Waals surface area contributed by atoms with Gasteiger partial charge in [0, 0.05) is 38.6 Å². The van der Waals surface area contributed by atoms with Gasteiger partial charge >= 0.3 is 0 Å². The highest BCUT2D eigenvalue weighted by atomic mass is 16.8. The van der Waals surface area contributed by atoms with Crippen molar-refractivity contribution in [2.75, 3.05) is 45.9 Å². The van der Waals surface area contributed by atoms with Crippen LogP contribution >= 0.6 is 0 Å². The molecule has 4 aliphatic heterocycles. The minimum absolute atomic E-state index is 0.0530. The van der Waals surface area contributed by atoms with E-state index in [2.05, 4.69) is 10.6 Å². The van der Waals surface area contributed by atoms with E-state index in [1.54, 1.807) is 12.2 Å². The summed E-state index contributed by atoms with van der Waals surface area (Å²) in [5, 5.41) is 81.4. The van der Waals surface area contributed by atoms with E-state index in [9.17, 15) is 40.5 Å². The van der Waals surface area contributed by atoms with Gasteiger partial charge in [-0.15, -0.1) is 0 Å². The van der Waals surface area contributed by atoms with Gasteiger partial charge in [-0.05, 0) is 38.3 Å². The average molecular weight is 780 g/mol. The van der Waals surface area contributed by atoms with E-state index in [0.29, 0.717) is 39.0 Å². The highest BCUT2D eigenvalue weighted by Crippen LogP contribution is 2.37. The van der Waals surface area contributed by atoms with Gasteiger partial charge in [0.1, 0.15) is 54.9 Å². The zero-order chi connectivity index (χ0) is 39.3. The molecular weight excluding hydrogens is 718 g/mol. The van der Waals surface area contributed by atoms with Gasteiger partial charge in [-0.2, -0.15) is 0 Å². The monoisotopic (exact) mass is 779 g/mol. The second kappa shape index (κ2) is 19.4. The van der Waals surface area contributed by atoms with Crippen LogP contribution in [0.3, 0.4) is 0 Å². The fraction of sp³-hybridized carbons (Fsp3) is 0.909. The summed E-state index contributed by atoms with van der Waals surface area (Å²) in [4.78, 5) is 12.7. The van der Waals surface area contributed by atoms with Gasteiger partial charge in [-0.1, -0.05) is 12.2 Å². The van der Waals surface area contributed by atoms with E-state index < -0.39 is 128 Å². The van der Waals surface area contributed by atoms with Crippen LogP contribution in [0.2, 0.25) is 0 Å². The normalized spacial score (nSPS) is 44.6. The SMILES string of the molecule is NC[C@@H]1O[C@H](O[C@H]2[C@@H](O)[C@H](O[C@@H]3[C@@H](O)[C@H](CC(=O)[C@@H](O)CN)C[C@H](N)[C@H]3O[C@H]3O[C@H](CNCC4(O)CCNCC4)C=C[C@H]3N)O[C@@H]2CO)[C@H](N)[C@@H](O)[C@@H]1O. The Kier molecular flexibility index (Phi) is 15.7. The lowest BCUT2D eigenvalue weighted by Crippen LogP contribution is -2.64. The van der Waals surface area contributed by atoms with Gasteiger partial charge in [0.05, 0.1) is 36.5 Å². The lowest BCUT2D eigenvalue weighted by atomic mass is 9.76. The highest BCUT2D eigenvalue weighted by Gasteiger charge is 2.54. The number of nitrogens with one attached hydrogen (secondary N) is 2. The molecule has 18 atom stereocenters. The lowest BCUT2D eigenvalue weighted by molar-refractivity contribution is -0.286. The van der Waals surface area contributed by atoms with Gasteiger partial charge in [0.25, 0.3) is 0 Å². The van der Waals surface area contributed by atoms with Crippen LogP contribution < -0.4 is 39.3 Å². The largest absolute Gasteiger partial charge is 0.394 e. The molecule has 54 heavy (non-hydrogen) atoms. The lowest BCUT2D eigenvalue weighted by Gasteiger charge is -2.46. The molecule has 0 aromatic rings. The van der Waals surface area contributed by atoms with E-state index in [4.69, 9.17) is 57.1 Å². The fourth-order valence-electron chi connectivity index (χ4n) is 7.67. The molecule has 21 heteroatoms. The first kappa shape index (κ1) is 43.7. The van der Waals surface area contributed by atoms with Gasteiger partial charge in [-0.25, -0.2) is 0 Å². The molecule has 5 rings (SSSR count). The van der Waals surface area contributed by atoms with Crippen molar-refractivity contribution < 1.29 is 69.0 Å². The Balaban J connectivity index is 1.30. The molecule has 4 heterocycles. The number of ketones is 1. The van der Waals surface area contributed by atoms with E-state index in [-0.39, 0.29) is 25.9 Å². The third-order valence-electron chi connectivity index (χ3n) is 11.0. The Hall–Kier alpha value is -1.39. The molecule has 4 fully saturated rings. The van der Waals surface area contributed by atoms with Crippen molar-refractivity contribution in [1.82, 2.24) is 10.6 Å². The van der Waals surface area contributed by atoms with Crippen LogP contribution in [-0.4, -0.2) is 197 Å². The first-order chi connectivity index (χ1) is 25.7. The third-order valence-corrected chi connectivity index (χ3v) is 11.0. The van der Waals surface area contributed by atoms with Crippen LogP contribution in [0.25, 0.3) is 0 Å². The maximum absolute atomic E-state index is 12.7. The van der Waals surface area contributed by atoms with Crippen LogP contribution in [0.1, 0.15) is 25.7 Å². The Morgan fingerprint density at radius 1 is 0.870 bits per heavy atom. The van der Waals surface area contributed by atoms with Crippen molar-refractivity contribution in [3.05, 3.63) is 12.2 Å². The average Bonchev–Trinajstić information content (AvgIpc) is 3.45. The standard InChI is InChI=1S/C33H61N7O14/c34-9-19(43)18(42)8-14-7-17(37)27(52-30-16(36)2-1-15(49-30)11-40-13-33(48)3-5-39-6-4-33)29(23(14)44)54-32-26(47)28(21(12-41)51-32)53-31-22(38)25(46)24(45)20(10-35)50-31/h1-2,14-17,19-32,39-41,43-48H,3-13,34-38H2/t14-,15-,16+,17-,19-,20-,21+,22+,23-,24+,25+,26+,27+,28+,29+,30+,31+,32-/m0/s1. The number of hydrogen-bond donors (Lipinski definition) is 14. The summed E-state index contributed by atoms with van der Waals surface area (Å²) in [6, 6.07) is -2.93. The fourth-order valence-corrected chi connectivity index (χ4v) is 7.67. The van der Waals surface area contributed by atoms with Crippen molar-refractivity contribution in [3.63, 3.8) is 0 Å². The third kappa shape index (κ3) is 10.2. The van der Waals surface area contributed by atoms with Gasteiger partial charge in [0.2, 0.25) is 0 Å². The van der Waals surface area contributed by atoms with E-state index in [1.165, 1.54) is 0 Å². The maximum atomic E-state index is 12.7. The smallest absolute Gasteiger partial charge is 0.187 e. The number of aliphatic hydroxyl groups is 7. The first-order valence-corrected chi connectivity index (χ1v) is 18.7. The van der Waals surface area contributed by atoms with Crippen LogP contribution in [0.5, 0.6) is 0 Å². The van der Waals surface area contributed by atoms with Crippen molar-refractivity contribution in [1.29, 1.82) is 0 Å². The summed E-state index contributed by atoms with van der Waals surface area (Å²) in [7, 11) is 0. The van der Waals surface area contributed by atoms with Crippen LogP contribution in [0.4, 0.5) is 0 Å². The number of carbonyl (C=O) groups excluding carboxylic acids is 1. The Morgan fingerprint density at radius 3 is 2.20 bits per heavy atom. The van der Waals surface area contributed by atoms with Gasteiger partial charge in [0.15, 0.2) is 24.7 Å². The minimum Gasteiger partial charge on any atom is -0.394 e. The quantitative estimate of drug-likeness (QED) is 0.0647. The van der Waals surface area contributed by atoms with Crippen molar-refractivity contribution in [2.24, 2.45) is 34.6 Å². The molecule has 1 aliphatic carbocycles. The number of aliphatic hydroxyl groups excluding tert-OH is 6. The van der Waals surface area contributed by atoms with Crippen molar-refractivity contribution in [3.8, 4) is 0 Å². The van der Waals surface area contributed by atoms with Crippen LogP contribution in [-0.2, 0) is 33.2 Å². The summed E-state index contributed by atoms with van der Waals surface area (Å²) in [5.74, 6) is -1.46. The summed E-state index contributed by atoms with van der Waals surface area (Å²) in [6.07, 6.45) is -13.7. The zero-order valence-corrected chi connectivity index (χ0v) is 30.2. The second-order valence-electron chi connectivity index (χ2n) is 15.0. The molecular formula is C33H61N7O14. The molecule has 0 spiro atoms. The first-order valence-electron chi connectivity index (χ1n) is 18.7. The Morgan fingerprint density at radius 2 is 1.54 bits per heavy atom. The topological polar surface area (TPSA) is 368 Å². The summed E-state index contributed by atoms with van der Waals surface area (Å²) >= 11 is 0. The van der Waals surface area contributed by atoms with Crippen molar-refractivity contribution >= 4 is 5.78 Å². The molecule has 1 saturated carbocycles.